The quantitative estimate of drug-likeness (QED) is 0.765. The van der Waals surface area contributed by atoms with Gasteiger partial charge in [0.25, 0.3) is 0 Å². The topological polar surface area (TPSA) is 38.7 Å². The van der Waals surface area contributed by atoms with E-state index in [4.69, 9.17) is 9.47 Å². The first-order valence-electron chi connectivity index (χ1n) is 9.07. The van der Waals surface area contributed by atoms with Gasteiger partial charge in [0.15, 0.2) is 0 Å². The highest BCUT2D eigenvalue weighted by atomic mass is 16.5. The number of likely N-dealkylation sites (N-methyl/N-ethyl adjacent to an activating group) is 1. The fourth-order valence-corrected chi connectivity index (χ4v) is 4.49. The van der Waals surface area contributed by atoms with Crippen LogP contribution < -0.4 is 0 Å². The van der Waals surface area contributed by atoms with E-state index in [0.717, 1.165) is 62.6 Å². The van der Waals surface area contributed by atoms with Crippen LogP contribution in [0.15, 0.2) is 0 Å². The lowest BCUT2D eigenvalue weighted by atomic mass is 9.71. The normalized spacial score (nSPS) is 32.6. The molecule has 2 rings (SSSR count). The highest BCUT2D eigenvalue weighted by Crippen LogP contribution is 2.39. The number of aliphatic hydroxyl groups is 1. The third-order valence-electron chi connectivity index (χ3n) is 5.56. The zero-order valence-corrected chi connectivity index (χ0v) is 15.0. The maximum atomic E-state index is 10.4. The molecule has 0 amide bonds. The molecule has 1 aliphatic heterocycles. The molecule has 0 aromatic carbocycles. The van der Waals surface area contributed by atoms with Gasteiger partial charge in [-0.25, -0.2) is 0 Å². The molecule has 4 nitrogen and oxygen atoms in total. The number of aliphatic hydroxyl groups excluding tert-OH is 1. The summed E-state index contributed by atoms with van der Waals surface area (Å²) < 4.78 is 12.5. The van der Waals surface area contributed by atoms with Gasteiger partial charge in [-0.05, 0) is 37.5 Å². The Balaban J connectivity index is 1.78. The van der Waals surface area contributed by atoms with Crippen LogP contribution in [0, 0.1) is 11.3 Å². The van der Waals surface area contributed by atoms with E-state index in [9.17, 15) is 5.11 Å². The number of rotatable bonds is 6. The van der Waals surface area contributed by atoms with Gasteiger partial charge < -0.3 is 19.1 Å². The van der Waals surface area contributed by atoms with Gasteiger partial charge in [0.05, 0.1) is 32.5 Å². The maximum absolute atomic E-state index is 10.4. The minimum Gasteiger partial charge on any atom is -0.385 e. The van der Waals surface area contributed by atoms with Crippen LogP contribution in [0.3, 0.4) is 0 Å². The molecule has 1 N–H and O–H groups in total. The summed E-state index contributed by atoms with van der Waals surface area (Å²) in [5.74, 6) is 0.721. The van der Waals surface area contributed by atoms with Crippen molar-refractivity contribution < 1.29 is 19.1 Å². The molecule has 1 heterocycles. The van der Waals surface area contributed by atoms with Gasteiger partial charge in [-0.1, -0.05) is 20.8 Å². The number of quaternary nitrogens is 1. The van der Waals surface area contributed by atoms with Crippen molar-refractivity contribution in [2.75, 3.05) is 46.0 Å². The average molecular weight is 314 g/mol. The van der Waals surface area contributed by atoms with Crippen LogP contribution >= 0.6 is 0 Å². The number of nitrogens with zero attached hydrogens (tertiary/aromatic N) is 1. The summed E-state index contributed by atoms with van der Waals surface area (Å²) in [6, 6.07) is 0. The van der Waals surface area contributed by atoms with Crippen LogP contribution in [0.25, 0.3) is 0 Å². The Morgan fingerprint density at radius 2 is 1.95 bits per heavy atom. The van der Waals surface area contributed by atoms with E-state index in [1.165, 1.54) is 6.42 Å². The summed E-state index contributed by atoms with van der Waals surface area (Å²) >= 11 is 0. The molecule has 1 saturated carbocycles. The Labute approximate surface area is 136 Å². The van der Waals surface area contributed by atoms with Gasteiger partial charge >= 0.3 is 0 Å². The van der Waals surface area contributed by atoms with Crippen molar-refractivity contribution in [3.05, 3.63) is 0 Å². The minimum atomic E-state index is -0.363. The lowest BCUT2D eigenvalue weighted by Crippen LogP contribution is -2.58. The van der Waals surface area contributed by atoms with E-state index in [1.807, 2.05) is 0 Å². The molecular weight excluding hydrogens is 278 g/mol. The van der Waals surface area contributed by atoms with Gasteiger partial charge in [-0.3, -0.25) is 0 Å². The van der Waals surface area contributed by atoms with Crippen molar-refractivity contribution in [2.24, 2.45) is 11.3 Å². The Morgan fingerprint density at radius 1 is 1.27 bits per heavy atom. The lowest BCUT2D eigenvalue weighted by Gasteiger charge is -2.42. The predicted molar refractivity (Wildman–Crippen MR) is 88.8 cm³/mol. The highest BCUT2D eigenvalue weighted by molar-refractivity contribution is 4.83. The molecule has 0 bridgehead atoms. The second-order valence-electron chi connectivity index (χ2n) is 8.42. The van der Waals surface area contributed by atoms with Crippen LogP contribution in [-0.2, 0) is 9.47 Å². The summed E-state index contributed by atoms with van der Waals surface area (Å²) in [5, 5.41) is 10.4. The van der Waals surface area contributed by atoms with Crippen LogP contribution in [0.1, 0.15) is 47.0 Å². The number of hydrogen-bond donors (Lipinski definition) is 1. The van der Waals surface area contributed by atoms with Crippen molar-refractivity contribution in [3.63, 3.8) is 0 Å². The number of morpholine rings is 1. The molecule has 3 atom stereocenters. The number of ether oxygens (including phenoxy) is 2. The molecule has 2 fully saturated rings. The van der Waals surface area contributed by atoms with E-state index in [0.29, 0.717) is 18.1 Å². The largest absolute Gasteiger partial charge is 0.385 e. The third kappa shape index (κ3) is 5.19. The molecule has 130 valence electrons. The first-order chi connectivity index (χ1) is 10.3. The fraction of sp³-hybridized carbons (Fsp3) is 1.00. The molecule has 0 radical (unpaired) electrons. The average Bonchev–Trinajstić information content (AvgIpc) is 2.44. The summed E-state index contributed by atoms with van der Waals surface area (Å²) in [6.45, 7) is 15.2. The molecule has 22 heavy (non-hydrogen) atoms. The van der Waals surface area contributed by atoms with E-state index in [1.54, 1.807) is 0 Å². The first kappa shape index (κ1) is 18.2. The fourth-order valence-electron chi connectivity index (χ4n) is 4.49. The van der Waals surface area contributed by atoms with E-state index in [-0.39, 0.29) is 6.10 Å². The smallest absolute Gasteiger partial charge is 0.126 e. The monoisotopic (exact) mass is 314 g/mol. The molecule has 2 aliphatic rings. The highest BCUT2D eigenvalue weighted by Gasteiger charge is 2.34. The molecule has 0 spiro atoms. The van der Waals surface area contributed by atoms with Gasteiger partial charge in [-0.2, -0.15) is 0 Å². The second-order valence-corrected chi connectivity index (χ2v) is 8.42. The lowest BCUT2D eigenvalue weighted by molar-refractivity contribution is -0.936. The molecule has 0 aromatic rings. The van der Waals surface area contributed by atoms with E-state index in [2.05, 4.69) is 27.7 Å². The Bertz CT molecular complexity index is 339. The Hall–Kier alpha value is -0.160. The zero-order chi connectivity index (χ0) is 16.2. The standard InChI is InChI=1S/C18H36NO3/c1-5-19(6-8-21-9-7-19)13-16(20)14-22-17-10-15(2)11-18(3,4)12-17/h15-17,20H,5-14H2,1-4H3/q+1/t15-,16+,17-/m1/s1. The maximum Gasteiger partial charge on any atom is 0.126 e. The Kier molecular flexibility index (Phi) is 6.29. The van der Waals surface area contributed by atoms with Crippen LogP contribution in [-0.4, -0.2) is 67.8 Å². The predicted octanol–water partition coefficient (Wildman–Crippen LogP) is 2.45. The minimum absolute atomic E-state index is 0.313. The summed E-state index contributed by atoms with van der Waals surface area (Å²) in [6.07, 6.45) is 3.49. The van der Waals surface area contributed by atoms with Crippen molar-refractivity contribution in [1.82, 2.24) is 0 Å². The van der Waals surface area contributed by atoms with Crippen LogP contribution in [0.5, 0.6) is 0 Å². The molecular formula is C18H36NO3+. The summed E-state index contributed by atoms with van der Waals surface area (Å²) in [7, 11) is 0. The van der Waals surface area contributed by atoms with Crippen LogP contribution in [0.2, 0.25) is 0 Å². The zero-order valence-electron chi connectivity index (χ0n) is 15.0. The van der Waals surface area contributed by atoms with E-state index >= 15 is 0 Å². The van der Waals surface area contributed by atoms with Crippen molar-refractivity contribution in [3.8, 4) is 0 Å². The van der Waals surface area contributed by atoms with Crippen LogP contribution in [0.4, 0.5) is 0 Å². The first-order valence-corrected chi connectivity index (χ1v) is 9.07. The second kappa shape index (κ2) is 7.61. The molecule has 4 heteroatoms. The van der Waals surface area contributed by atoms with Crippen molar-refractivity contribution in [1.29, 1.82) is 0 Å². The van der Waals surface area contributed by atoms with Crippen molar-refractivity contribution >= 4 is 0 Å². The molecule has 0 aromatic heterocycles. The summed E-state index contributed by atoms with van der Waals surface area (Å²) in [4.78, 5) is 0. The van der Waals surface area contributed by atoms with E-state index < -0.39 is 0 Å². The van der Waals surface area contributed by atoms with Gasteiger partial charge in [0.2, 0.25) is 0 Å². The SMILES string of the molecule is CC[N+]1(C[C@H](O)CO[C@@H]2C[C@@H](C)CC(C)(C)C2)CCOCC1. The Morgan fingerprint density at radius 3 is 2.55 bits per heavy atom. The van der Waals surface area contributed by atoms with Gasteiger partial charge in [-0.15, -0.1) is 0 Å². The molecule has 1 saturated heterocycles. The van der Waals surface area contributed by atoms with Gasteiger partial charge in [0.1, 0.15) is 25.7 Å². The third-order valence-corrected chi connectivity index (χ3v) is 5.56. The van der Waals surface area contributed by atoms with Crippen molar-refractivity contribution in [2.45, 2.75) is 59.2 Å². The van der Waals surface area contributed by atoms with Gasteiger partial charge in [0, 0.05) is 0 Å². The number of hydrogen-bond acceptors (Lipinski definition) is 3. The molecule has 0 unspecified atom stereocenters. The summed E-state index contributed by atoms with van der Waals surface area (Å²) in [5.41, 5.74) is 0.370. The molecule has 1 aliphatic carbocycles.